The second-order valence-electron chi connectivity index (χ2n) is 9.94. The van der Waals surface area contributed by atoms with Crippen LogP contribution in [0.1, 0.15) is 11.8 Å². The Bertz CT molecular complexity index is 1720. The van der Waals surface area contributed by atoms with E-state index in [2.05, 4.69) is 18.1 Å². The molecule has 0 amide bonds. The van der Waals surface area contributed by atoms with Crippen LogP contribution in [-0.2, 0) is 47.4 Å². The summed E-state index contributed by atoms with van der Waals surface area (Å²) in [6.07, 6.45) is -5.18. The summed E-state index contributed by atoms with van der Waals surface area (Å²) >= 11 is 0. The minimum Gasteiger partial charge on any atom is -0.387 e. The fourth-order valence-electron chi connectivity index (χ4n) is 4.64. The summed E-state index contributed by atoms with van der Waals surface area (Å²) in [5.41, 5.74) is -0.402. The van der Waals surface area contributed by atoms with E-state index in [4.69, 9.17) is 14.0 Å². The number of anilines is 1. The van der Waals surface area contributed by atoms with Crippen LogP contribution in [0.25, 0.3) is 10.8 Å². The molecular formula is C24H30N3O15P3. The zero-order chi connectivity index (χ0) is 32.4. The van der Waals surface area contributed by atoms with Gasteiger partial charge in [0.15, 0.2) is 6.23 Å². The number of hydrogen-bond donors (Lipinski definition) is 5. The number of benzene rings is 2. The highest BCUT2D eigenvalue weighted by atomic mass is 31.3. The maximum atomic E-state index is 12.7. The van der Waals surface area contributed by atoms with Crippen LogP contribution in [0.15, 0.2) is 59.5 Å². The largest absolute Gasteiger partial charge is 0.490 e. The second kappa shape index (κ2) is 13.8. The van der Waals surface area contributed by atoms with E-state index >= 15 is 0 Å². The first-order valence-electron chi connectivity index (χ1n) is 13.3. The molecule has 7 atom stereocenters. The molecule has 3 heterocycles. The summed E-state index contributed by atoms with van der Waals surface area (Å²) in [5, 5.41) is 22.5. The quantitative estimate of drug-likeness (QED) is 0.168. The van der Waals surface area contributed by atoms with Crippen LogP contribution in [0.2, 0.25) is 0 Å². The molecule has 1 aromatic heterocycles. The van der Waals surface area contributed by atoms with Crippen LogP contribution in [0.4, 0.5) is 5.82 Å². The van der Waals surface area contributed by atoms with Crippen molar-refractivity contribution in [2.45, 2.75) is 31.1 Å². The Labute approximate surface area is 255 Å². The van der Waals surface area contributed by atoms with E-state index in [0.717, 1.165) is 15.3 Å². The zero-order valence-electron chi connectivity index (χ0n) is 23.3. The van der Waals surface area contributed by atoms with Gasteiger partial charge in [-0.3, -0.25) is 13.6 Å². The van der Waals surface area contributed by atoms with Crippen molar-refractivity contribution in [2.24, 2.45) is 0 Å². The molecule has 21 heteroatoms. The van der Waals surface area contributed by atoms with Crippen molar-refractivity contribution in [3.8, 4) is 0 Å². The van der Waals surface area contributed by atoms with Gasteiger partial charge in [0.05, 0.1) is 26.4 Å². The Hall–Kier alpha value is -2.37. The number of ether oxygens (including phenoxy) is 2. The topological polar surface area (TPSA) is 246 Å². The van der Waals surface area contributed by atoms with Crippen LogP contribution < -0.4 is 10.6 Å². The molecule has 2 aliphatic heterocycles. The van der Waals surface area contributed by atoms with Crippen molar-refractivity contribution in [1.82, 2.24) is 9.55 Å². The Morgan fingerprint density at radius 1 is 0.867 bits per heavy atom. The molecule has 3 aromatic rings. The number of phosphoric ester groups is 2. The Balaban J connectivity index is 1.15. The summed E-state index contributed by atoms with van der Waals surface area (Å²) in [6.45, 7) is 0.421. The monoisotopic (exact) mass is 693 g/mol. The lowest BCUT2D eigenvalue weighted by atomic mass is 10.1. The number of morpholine rings is 1. The van der Waals surface area contributed by atoms with E-state index in [9.17, 15) is 43.4 Å². The lowest BCUT2D eigenvalue weighted by Gasteiger charge is -2.28. The van der Waals surface area contributed by atoms with Crippen molar-refractivity contribution in [1.29, 1.82) is 0 Å². The van der Waals surface area contributed by atoms with Crippen molar-refractivity contribution in [2.75, 3.05) is 37.8 Å². The van der Waals surface area contributed by atoms with Crippen LogP contribution in [0.3, 0.4) is 0 Å². The van der Waals surface area contributed by atoms with Gasteiger partial charge in [0.1, 0.15) is 24.1 Å². The molecule has 5 rings (SSSR count). The van der Waals surface area contributed by atoms with Gasteiger partial charge in [-0.2, -0.15) is 13.6 Å². The SMILES string of the molecule is O=c1nc(N2CCOCC2)ccn1[C@@H]1O[C@H](COP(=O)(O)OP(=O)(O)OP(=O)(O)OCc2ccc3ccccc3c2)[C@H](O)C1O. The Kier molecular flexibility index (Phi) is 10.4. The van der Waals surface area contributed by atoms with E-state index in [1.807, 2.05) is 17.0 Å². The van der Waals surface area contributed by atoms with Crippen molar-refractivity contribution >= 4 is 40.1 Å². The molecule has 18 nitrogen and oxygen atoms in total. The van der Waals surface area contributed by atoms with Gasteiger partial charge in [0, 0.05) is 19.3 Å². The number of phosphoric acid groups is 3. The van der Waals surface area contributed by atoms with Gasteiger partial charge in [0.2, 0.25) is 0 Å². The summed E-state index contributed by atoms with van der Waals surface area (Å²) in [6, 6.07) is 13.7. The summed E-state index contributed by atoms with van der Waals surface area (Å²) in [4.78, 5) is 48.2. The molecule has 45 heavy (non-hydrogen) atoms. The maximum Gasteiger partial charge on any atom is 0.490 e. The van der Waals surface area contributed by atoms with E-state index in [0.29, 0.717) is 37.7 Å². The number of fused-ring (bicyclic) bond motifs is 1. The predicted molar refractivity (Wildman–Crippen MR) is 154 cm³/mol. The third-order valence-corrected chi connectivity index (χ3v) is 11.0. The smallest absolute Gasteiger partial charge is 0.387 e. The average Bonchev–Trinajstić information content (AvgIpc) is 3.27. The number of aliphatic hydroxyl groups excluding tert-OH is 2. The standard InChI is InChI=1S/C24H30N3O15P3/c28-21-19(40-23(22(21)29)27-8-7-20(25-24(27)30)26-9-11-37-12-10-26)15-39-44(33,34)42-45(35,36)41-43(31,32)38-14-16-5-6-17-3-1-2-4-18(17)13-16/h1-8,13,19,21-23,28-29H,9-12,14-15H2,(H,31,32)(H,33,34)(H,35,36)/t19-,21+,22?,23-/m1/s1. The fraction of sp³-hybridized carbons (Fsp3) is 0.417. The first-order valence-corrected chi connectivity index (χ1v) is 17.8. The summed E-state index contributed by atoms with van der Waals surface area (Å²) in [5.74, 6) is 0.369. The van der Waals surface area contributed by atoms with Crippen LogP contribution in [0.5, 0.6) is 0 Å². The third-order valence-electron chi connectivity index (χ3n) is 6.78. The van der Waals surface area contributed by atoms with Gasteiger partial charge in [-0.05, 0) is 28.5 Å². The lowest BCUT2D eigenvalue weighted by molar-refractivity contribution is -0.0541. The molecule has 2 fully saturated rings. The molecule has 0 saturated carbocycles. The van der Waals surface area contributed by atoms with Crippen molar-refractivity contribution in [3.63, 3.8) is 0 Å². The average molecular weight is 693 g/mol. The molecule has 5 N–H and O–H groups in total. The van der Waals surface area contributed by atoms with Crippen LogP contribution in [-0.4, -0.2) is 85.7 Å². The van der Waals surface area contributed by atoms with Crippen molar-refractivity contribution < 1.29 is 65.7 Å². The first-order chi connectivity index (χ1) is 21.2. The second-order valence-corrected chi connectivity index (χ2v) is 14.6. The Morgan fingerprint density at radius 2 is 1.53 bits per heavy atom. The molecule has 4 unspecified atom stereocenters. The molecule has 246 valence electrons. The Morgan fingerprint density at radius 3 is 2.22 bits per heavy atom. The zero-order valence-corrected chi connectivity index (χ0v) is 25.9. The number of nitrogens with zero attached hydrogens (tertiary/aromatic N) is 3. The number of aromatic nitrogens is 2. The molecule has 0 bridgehead atoms. The highest BCUT2D eigenvalue weighted by molar-refractivity contribution is 7.66. The van der Waals surface area contributed by atoms with Gasteiger partial charge in [-0.15, -0.1) is 0 Å². The van der Waals surface area contributed by atoms with Crippen LogP contribution in [0, 0.1) is 0 Å². The minimum absolute atomic E-state index is 0.369. The summed E-state index contributed by atoms with van der Waals surface area (Å²) < 4.78 is 66.1. The highest BCUT2D eigenvalue weighted by Crippen LogP contribution is 2.67. The highest BCUT2D eigenvalue weighted by Gasteiger charge is 2.47. The lowest BCUT2D eigenvalue weighted by Crippen LogP contribution is -2.40. The van der Waals surface area contributed by atoms with Gasteiger partial charge >= 0.3 is 29.2 Å². The van der Waals surface area contributed by atoms with Crippen molar-refractivity contribution in [3.05, 3.63) is 70.8 Å². The van der Waals surface area contributed by atoms with Gasteiger partial charge in [-0.25, -0.2) is 18.5 Å². The summed E-state index contributed by atoms with van der Waals surface area (Å²) in [7, 11) is -16.6. The van der Waals surface area contributed by atoms with E-state index < -0.39 is 66.9 Å². The molecule has 2 saturated heterocycles. The first kappa shape index (κ1) is 34.0. The number of aliphatic hydroxyl groups is 2. The third kappa shape index (κ3) is 8.71. The number of hydrogen-bond acceptors (Lipinski definition) is 14. The van der Waals surface area contributed by atoms with E-state index in [1.54, 1.807) is 30.3 Å². The molecule has 2 aromatic carbocycles. The molecular weight excluding hydrogens is 663 g/mol. The normalized spacial score (nSPS) is 26.3. The molecule has 0 radical (unpaired) electrons. The van der Waals surface area contributed by atoms with E-state index in [-0.39, 0.29) is 0 Å². The van der Waals surface area contributed by atoms with Gasteiger partial charge < -0.3 is 39.3 Å². The van der Waals surface area contributed by atoms with Gasteiger partial charge in [0.25, 0.3) is 0 Å². The minimum atomic E-state index is -5.76. The molecule has 2 aliphatic rings. The van der Waals surface area contributed by atoms with E-state index in [1.165, 1.54) is 12.3 Å². The number of rotatable bonds is 12. The molecule has 0 aliphatic carbocycles. The maximum absolute atomic E-state index is 12.7. The predicted octanol–water partition coefficient (Wildman–Crippen LogP) is 1.42. The molecule has 0 spiro atoms. The fourth-order valence-corrected chi connectivity index (χ4v) is 8.14. The van der Waals surface area contributed by atoms with Gasteiger partial charge in [-0.1, -0.05) is 36.4 Å². The van der Waals surface area contributed by atoms with Crippen LogP contribution >= 0.6 is 23.5 Å².